The monoisotopic (exact) mass is 321 g/mol. The van der Waals surface area contributed by atoms with Crippen LogP contribution < -0.4 is 11.1 Å². The molecule has 0 bridgehead atoms. The van der Waals surface area contributed by atoms with Crippen molar-refractivity contribution < 1.29 is 4.79 Å². The van der Waals surface area contributed by atoms with Crippen molar-refractivity contribution in [2.45, 2.75) is 13.0 Å². The van der Waals surface area contributed by atoms with Gasteiger partial charge in [0.2, 0.25) is 0 Å². The number of halogens is 1. The Kier molecular flexibility index (Phi) is 3.52. The molecule has 0 saturated carbocycles. The van der Waals surface area contributed by atoms with Crippen LogP contribution in [0.25, 0.3) is 10.2 Å². The molecule has 6 nitrogen and oxygen atoms in total. The molecule has 0 spiro atoms. The Morgan fingerprint density at radius 3 is 3.05 bits per heavy atom. The second-order valence-corrected chi connectivity index (χ2v) is 6.02. The number of hydrogen-bond donors (Lipinski definition) is 2. The predicted molar refractivity (Wildman–Crippen MR) is 84.6 cm³/mol. The molecule has 2 aromatic heterocycles. The van der Waals surface area contributed by atoms with Crippen molar-refractivity contribution in [1.82, 2.24) is 14.8 Å². The molecular formula is C13H12ClN5OS. The van der Waals surface area contributed by atoms with Crippen LogP contribution in [0.5, 0.6) is 0 Å². The fourth-order valence-electron chi connectivity index (χ4n) is 1.85. The van der Waals surface area contributed by atoms with Gasteiger partial charge in [0.1, 0.15) is 6.04 Å². The van der Waals surface area contributed by atoms with Crippen LogP contribution in [0.4, 0.5) is 10.8 Å². The van der Waals surface area contributed by atoms with Gasteiger partial charge in [-0.3, -0.25) is 9.48 Å². The summed E-state index contributed by atoms with van der Waals surface area (Å²) in [5.41, 5.74) is 7.20. The number of hydrogen-bond acceptors (Lipinski definition) is 5. The second kappa shape index (κ2) is 5.34. The first-order chi connectivity index (χ1) is 10.0. The van der Waals surface area contributed by atoms with Crippen LogP contribution in [-0.2, 0) is 4.79 Å². The van der Waals surface area contributed by atoms with Crippen molar-refractivity contribution in [3.63, 3.8) is 0 Å². The van der Waals surface area contributed by atoms with E-state index in [4.69, 9.17) is 17.3 Å². The third-order valence-corrected chi connectivity index (χ3v) is 4.12. The fraction of sp³-hybridized carbons (Fsp3) is 0.154. The molecule has 0 saturated heterocycles. The zero-order valence-electron chi connectivity index (χ0n) is 11.1. The third kappa shape index (κ3) is 2.84. The number of nitrogens with one attached hydrogen (secondary N) is 1. The van der Waals surface area contributed by atoms with Crippen molar-refractivity contribution >= 4 is 49.9 Å². The number of anilines is 2. The lowest BCUT2D eigenvalue weighted by Gasteiger charge is -2.10. The van der Waals surface area contributed by atoms with Crippen LogP contribution in [0.2, 0.25) is 5.02 Å². The molecule has 8 heteroatoms. The van der Waals surface area contributed by atoms with Crippen molar-refractivity contribution in [2.24, 2.45) is 0 Å². The lowest BCUT2D eigenvalue weighted by molar-refractivity contribution is -0.119. The summed E-state index contributed by atoms with van der Waals surface area (Å²) >= 11 is 7.18. The largest absolute Gasteiger partial charge is 0.399 e. The van der Waals surface area contributed by atoms with Gasteiger partial charge >= 0.3 is 0 Å². The maximum absolute atomic E-state index is 12.2. The summed E-state index contributed by atoms with van der Waals surface area (Å²) < 4.78 is 2.43. The van der Waals surface area contributed by atoms with Gasteiger partial charge in [0.15, 0.2) is 5.13 Å². The molecule has 3 aromatic rings. The lowest BCUT2D eigenvalue weighted by atomic mass is 10.3. The normalized spacial score (nSPS) is 12.5. The molecule has 0 aliphatic carbocycles. The molecule has 1 amide bonds. The first-order valence-electron chi connectivity index (χ1n) is 6.19. The standard InChI is InChI=1S/C13H12ClN5OS/c1-7(19-6-8(14)5-16-19)12(20)18-13-17-10-3-2-9(15)4-11(10)21-13/h2-7H,15H2,1H3,(H,17,18,20). The highest BCUT2D eigenvalue weighted by molar-refractivity contribution is 7.22. The highest BCUT2D eigenvalue weighted by Gasteiger charge is 2.17. The summed E-state index contributed by atoms with van der Waals surface area (Å²) in [6.07, 6.45) is 3.09. The molecule has 1 aromatic carbocycles. The quantitative estimate of drug-likeness (QED) is 0.726. The molecule has 0 aliphatic rings. The minimum absolute atomic E-state index is 0.207. The Balaban J connectivity index is 1.79. The molecule has 3 rings (SSSR count). The molecule has 3 N–H and O–H groups in total. The van der Waals surface area contributed by atoms with Crippen LogP contribution in [0.1, 0.15) is 13.0 Å². The zero-order chi connectivity index (χ0) is 15.0. The van der Waals surface area contributed by atoms with Gasteiger partial charge in [-0.1, -0.05) is 22.9 Å². The number of rotatable bonds is 3. The fourth-order valence-corrected chi connectivity index (χ4v) is 2.91. The van der Waals surface area contributed by atoms with E-state index in [1.165, 1.54) is 22.2 Å². The van der Waals surface area contributed by atoms with Crippen LogP contribution in [0, 0.1) is 0 Å². The molecule has 108 valence electrons. The summed E-state index contributed by atoms with van der Waals surface area (Å²) in [5, 5.41) is 7.83. The van der Waals surface area contributed by atoms with Gasteiger partial charge in [0.25, 0.3) is 5.91 Å². The number of aromatic nitrogens is 3. The number of nitrogens with zero attached hydrogens (tertiary/aromatic N) is 3. The summed E-state index contributed by atoms with van der Waals surface area (Å²) in [6, 6.07) is 4.96. The van der Waals surface area contributed by atoms with E-state index in [0.29, 0.717) is 15.8 Å². The second-order valence-electron chi connectivity index (χ2n) is 4.55. The van der Waals surface area contributed by atoms with Crippen LogP contribution in [0.3, 0.4) is 0 Å². The number of thiazole rings is 1. The number of fused-ring (bicyclic) bond motifs is 1. The maximum Gasteiger partial charge on any atom is 0.250 e. The summed E-state index contributed by atoms with van der Waals surface area (Å²) in [5.74, 6) is -0.207. The van der Waals surface area contributed by atoms with E-state index in [2.05, 4.69) is 15.4 Å². The Morgan fingerprint density at radius 1 is 1.52 bits per heavy atom. The molecule has 0 aliphatic heterocycles. The van der Waals surface area contributed by atoms with Crippen molar-refractivity contribution in [2.75, 3.05) is 11.1 Å². The number of carbonyl (C=O) groups is 1. The molecular weight excluding hydrogens is 310 g/mol. The van der Waals surface area contributed by atoms with E-state index in [1.807, 2.05) is 12.1 Å². The van der Waals surface area contributed by atoms with Gasteiger partial charge in [-0.05, 0) is 25.1 Å². The number of carbonyl (C=O) groups excluding carboxylic acids is 1. The van der Waals surface area contributed by atoms with E-state index in [1.54, 1.807) is 19.2 Å². The van der Waals surface area contributed by atoms with Gasteiger partial charge in [0.05, 0.1) is 21.4 Å². The average Bonchev–Trinajstić information content (AvgIpc) is 3.03. The average molecular weight is 322 g/mol. The minimum atomic E-state index is -0.477. The van der Waals surface area contributed by atoms with Crippen LogP contribution in [0.15, 0.2) is 30.6 Å². The van der Waals surface area contributed by atoms with E-state index < -0.39 is 6.04 Å². The Hall–Kier alpha value is -2.12. The van der Waals surface area contributed by atoms with Gasteiger partial charge in [0, 0.05) is 11.9 Å². The van der Waals surface area contributed by atoms with Crippen molar-refractivity contribution in [1.29, 1.82) is 0 Å². The number of amides is 1. The number of nitrogen functional groups attached to an aromatic ring is 1. The first kappa shape index (κ1) is 13.8. The van der Waals surface area contributed by atoms with Gasteiger partial charge < -0.3 is 11.1 Å². The molecule has 2 heterocycles. The lowest BCUT2D eigenvalue weighted by Crippen LogP contribution is -2.23. The molecule has 21 heavy (non-hydrogen) atoms. The SMILES string of the molecule is CC(C(=O)Nc1nc2ccc(N)cc2s1)n1cc(Cl)cn1. The third-order valence-electron chi connectivity index (χ3n) is 2.99. The van der Waals surface area contributed by atoms with Gasteiger partial charge in [-0.15, -0.1) is 0 Å². The first-order valence-corrected chi connectivity index (χ1v) is 7.39. The molecule has 0 fully saturated rings. The smallest absolute Gasteiger partial charge is 0.250 e. The number of nitrogens with two attached hydrogens (primary N) is 1. The highest BCUT2D eigenvalue weighted by Crippen LogP contribution is 2.28. The zero-order valence-corrected chi connectivity index (χ0v) is 12.6. The van der Waals surface area contributed by atoms with Crippen molar-refractivity contribution in [3.8, 4) is 0 Å². The summed E-state index contributed by atoms with van der Waals surface area (Å²) in [7, 11) is 0. The molecule has 0 radical (unpaired) electrons. The topological polar surface area (TPSA) is 85.8 Å². The minimum Gasteiger partial charge on any atom is -0.399 e. The maximum atomic E-state index is 12.2. The highest BCUT2D eigenvalue weighted by atomic mass is 35.5. The molecule has 1 atom stereocenters. The Morgan fingerprint density at radius 2 is 2.33 bits per heavy atom. The van der Waals surface area contributed by atoms with Gasteiger partial charge in [-0.2, -0.15) is 5.10 Å². The predicted octanol–water partition coefficient (Wildman–Crippen LogP) is 2.93. The van der Waals surface area contributed by atoms with E-state index in [9.17, 15) is 4.79 Å². The van der Waals surface area contributed by atoms with Crippen molar-refractivity contribution in [3.05, 3.63) is 35.6 Å². The van der Waals surface area contributed by atoms with E-state index in [-0.39, 0.29) is 5.91 Å². The Labute approximate surface area is 129 Å². The van der Waals surface area contributed by atoms with E-state index >= 15 is 0 Å². The van der Waals surface area contributed by atoms with E-state index in [0.717, 1.165) is 10.2 Å². The summed E-state index contributed by atoms with van der Waals surface area (Å²) in [4.78, 5) is 16.5. The van der Waals surface area contributed by atoms with Gasteiger partial charge in [-0.25, -0.2) is 4.98 Å². The van der Waals surface area contributed by atoms with Crippen LogP contribution in [-0.4, -0.2) is 20.7 Å². The number of benzene rings is 1. The molecule has 1 unspecified atom stereocenters. The Bertz CT molecular complexity index is 812. The van der Waals surface area contributed by atoms with Crippen LogP contribution >= 0.6 is 22.9 Å². The summed E-state index contributed by atoms with van der Waals surface area (Å²) in [6.45, 7) is 1.74.